The third-order valence-electron chi connectivity index (χ3n) is 3.57. The second-order valence-corrected chi connectivity index (χ2v) is 5.28. The summed E-state index contributed by atoms with van der Waals surface area (Å²) in [6, 6.07) is 11.5. The van der Waals surface area contributed by atoms with Crippen molar-refractivity contribution in [3.8, 4) is 5.75 Å². The van der Waals surface area contributed by atoms with Crippen LogP contribution in [0.25, 0.3) is 0 Å². The summed E-state index contributed by atoms with van der Waals surface area (Å²) >= 11 is 0. The summed E-state index contributed by atoms with van der Waals surface area (Å²) < 4.78 is 12.8. The van der Waals surface area contributed by atoms with Crippen LogP contribution in [0, 0.1) is 5.82 Å². The molecular weight excluding hydrogens is 311 g/mol. The summed E-state index contributed by atoms with van der Waals surface area (Å²) in [5.74, 6) is -1.15. The maximum Gasteiger partial charge on any atom is 0.251 e. The largest absolute Gasteiger partial charge is 0.508 e. The topological polar surface area (TPSA) is 78.4 Å². The molecule has 0 aliphatic rings. The molecule has 0 bridgehead atoms. The van der Waals surface area contributed by atoms with Gasteiger partial charge in [0, 0.05) is 11.1 Å². The second-order valence-electron chi connectivity index (χ2n) is 5.28. The van der Waals surface area contributed by atoms with E-state index in [1.807, 2.05) is 6.92 Å². The predicted octanol–water partition coefficient (Wildman–Crippen LogP) is 2.53. The molecule has 0 aromatic heterocycles. The van der Waals surface area contributed by atoms with E-state index in [0.29, 0.717) is 12.0 Å². The SMILES string of the molecule is CC[C@@H](NC(=O)CNC(=O)c1ccc(F)cc1)c1ccccc1O. The molecular formula is C18H19FN2O3. The average molecular weight is 330 g/mol. The van der Waals surface area contributed by atoms with Crippen LogP contribution < -0.4 is 10.6 Å². The van der Waals surface area contributed by atoms with E-state index in [1.165, 1.54) is 24.3 Å². The van der Waals surface area contributed by atoms with Crippen molar-refractivity contribution in [3.63, 3.8) is 0 Å². The molecule has 0 aliphatic heterocycles. The maximum atomic E-state index is 12.8. The minimum absolute atomic E-state index is 0.111. The van der Waals surface area contributed by atoms with Gasteiger partial charge in [-0.3, -0.25) is 9.59 Å². The molecule has 5 nitrogen and oxygen atoms in total. The minimum atomic E-state index is -0.458. The van der Waals surface area contributed by atoms with Crippen molar-refractivity contribution in [1.82, 2.24) is 10.6 Å². The number of halogens is 1. The Bertz CT molecular complexity index is 716. The molecule has 0 heterocycles. The van der Waals surface area contributed by atoms with Gasteiger partial charge in [0.2, 0.25) is 5.91 Å². The number of phenolic OH excluding ortho intramolecular Hbond substituents is 1. The highest BCUT2D eigenvalue weighted by Gasteiger charge is 2.16. The first-order chi connectivity index (χ1) is 11.5. The average Bonchev–Trinajstić information content (AvgIpc) is 2.59. The lowest BCUT2D eigenvalue weighted by Crippen LogP contribution is -2.38. The number of rotatable bonds is 6. The Kier molecular flexibility index (Phi) is 5.89. The zero-order chi connectivity index (χ0) is 17.5. The zero-order valence-electron chi connectivity index (χ0n) is 13.3. The summed E-state index contributed by atoms with van der Waals surface area (Å²) in [4.78, 5) is 23.9. The molecule has 0 unspecified atom stereocenters. The second kappa shape index (κ2) is 8.10. The number of aromatic hydroxyl groups is 1. The first-order valence-electron chi connectivity index (χ1n) is 7.62. The Morgan fingerprint density at radius 1 is 1.12 bits per heavy atom. The van der Waals surface area contributed by atoms with E-state index in [0.717, 1.165) is 0 Å². The number of phenols is 1. The first-order valence-corrected chi connectivity index (χ1v) is 7.62. The lowest BCUT2D eigenvalue weighted by atomic mass is 10.0. The normalized spacial score (nSPS) is 11.6. The number of carbonyl (C=O) groups is 2. The fourth-order valence-electron chi connectivity index (χ4n) is 2.29. The molecule has 0 saturated heterocycles. The van der Waals surface area contributed by atoms with Crippen molar-refractivity contribution in [3.05, 3.63) is 65.5 Å². The fraction of sp³-hybridized carbons (Fsp3) is 0.222. The van der Waals surface area contributed by atoms with Gasteiger partial charge in [-0.25, -0.2) is 4.39 Å². The Balaban J connectivity index is 1.91. The third-order valence-corrected chi connectivity index (χ3v) is 3.57. The van der Waals surface area contributed by atoms with Crippen LogP contribution in [0.5, 0.6) is 5.75 Å². The van der Waals surface area contributed by atoms with Crippen LogP contribution in [0.1, 0.15) is 35.3 Å². The molecule has 126 valence electrons. The molecule has 1 atom stereocenters. The number of amides is 2. The lowest BCUT2D eigenvalue weighted by Gasteiger charge is -2.18. The van der Waals surface area contributed by atoms with Gasteiger partial charge in [0.25, 0.3) is 5.91 Å². The molecule has 0 fully saturated rings. The van der Waals surface area contributed by atoms with Crippen LogP contribution in [0.15, 0.2) is 48.5 Å². The van der Waals surface area contributed by atoms with Gasteiger partial charge in [-0.05, 0) is 36.8 Å². The van der Waals surface area contributed by atoms with Crippen LogP contribution in [0.3, 0.4) is 0 Å². The van der Waals surface area contributed by atoms with Crippen LogP contribution in [-0.4, -0.2) is 23.5 Å². The van der Waals surface area contributed by atoms with E-state index < -0.39 is 11.7 Å². The number of para-hydroxylation sites is 1. The van der Waals surface area contributed by atoms with Gasteiger partial charge >= 0.3 is 0 Å². The summed E-state index contributed by atoms with van der Waals surface area (Å²) in [5.41, 5.74) is 0.898. The monoisotopic (exact) mass is 330 g/mol. The van der Waals surface area contributed by atoms with Gasteiger partial charge in [-0.1, -0.05) is 25.1 Å². The predicted molar refractivity (Wildman–Crippen MR) is 88.0 cm³/mol. The highest BCUT2D eigenvalue weighted by atomic mass is 19.1. The lowest BCUT2D eigenvalue weighted by molar-refractivity contribution is -0.120. The highest BCUT2D eigenvalue weighted by Crippen LogP contribution is 2.25. The fourth-order valence-corrected chi connectivity index (χ4v) is 2.29. The molecule has 2 aromatic rings. The smallest absolute Gasteiger partial charge is 0.251 e. The van der Waals surface area contributed by atoms with E-state index in [-0.39, 0.29) is 29.8 Å². The van der Waals surface area contributed by atoms with E-state index in [2.05, 4.69) is 10.6 Å². The number of hydrogen-bond acceptors (Lipinski definition) is 3. The maximum absolute atomic E-state index is 12.8. The summed E-state index contributed by atoms with van der Waals surface area (Å²) in [7, 11) is 0. The van der Waals surface area contributed by atoms with E-state index in [9.17, 15) is 19.1 Å². The summed E-state index contributed by atoms with van der Waals surface area (Å²) in [6.07, 6.45) is 0.592. The molecule has 0 radical (unpaired) electrons. The van der Waals surface area contributed by atoms with Crippen LogP contribution in [0.4, 0.5) is 4.39 Å². The third kappa shape index (κ3) is 4.55. The van der Waals surface area contributed by atoms with E-state index >= 15 is 0 Å². The van der Waals surface area contributed by atoms with Crippen LogP contribution in [0.2, 0.25) is 0 Å². The van der Waals surface area contributed by atoms with E-state index in [1.54, 1.807) is 24.3 Å². The van der Waals surface area contributed by atoms with Gasteiger partial charge in [0.1, 0.15) is 11.6 Å². The van der Waals surface area contributed by atoms with Gasteiger partial charge < -0.3 is 15.7 Å². The molecule has 0 saturated carbocycles. The Hall–Kier alpha value is -2.89. The van der Waals surface area contributed by atoms with Crippen molar-refractivity contribution in [2.75, 3.05) is 6.54 Å². The first kappa shape index (κ1) is 17.5. The highest BCUT2D eigenvalue weighted by molar-refractivity contribution is 5.96. The number of hydrogen-bond donors (Lipinski definition) is 3. The molecule has 2 rings (SSSR count). The Morgan fingerprint density at radius 2 is 1.79 bits per heavy atom. The molecule has 0 spiro atoms. The van der Waals surface area contributed by atoms with Crippen LogP contribution >= 0.6 is 0 Å². The molecule has 3 N–H and O–H groups in total. The van der Waals surface area contributed by atoms with Crippen molar-refractivity contribution in [2.24, 2.45) is 0 Å². The zero-order valence-corrected chi connectivity index (χ0v) is 13.3. The standard InChI is InChI=1S/C18H19FN2O3/c1-2-15(14-5-3-4-6-16(14)22)21-17(23)11-20-18(24)12-7-9-13(19)10-8-12/h3-10,15,22H,2,11H2,1H3,(H,20,24)(H,21,23)/t15-/m1/s1. The number of nitrogens with one attached hydrogen (secondary N) is 2. The van der Waals surface area contributed by atoms with Gasteiger partial charge in [-0.2, -0.15) is 0 Å². The summed E-state index contributed by atoms with van der Waals surface area (Å²) in [6.45, 7) is 1.68. The minimum Gasteiger partial charge on any atom is -0.508 e. The Morgan fingerprint density at radius 3 is 2.42 bits per heavy atom. The molecule has 6 heteroatoms. The van der Waals surface area contributed by atoms with Crippen LogP contribution in [-0.2, 0) is 4.79 Å². The van der Waals surface area contributed by atoms with Gasteiger partial charge in [0.15, 0.2) is 0 Å². The van der Waals surface area contributed by atoms with E-state index in [4.69, 9.17) is 0 Å². The Labute approximate surface area is 139 Å². The molecule has 24 heavy (non-hydrogen) atoms. The number of benzene rings is 2. The van der Waals surface area contributed by atoms with Crippen molar-refractivity contribution < 1.29 is 19.1 Å². The quantitative estimate of drug-likeness (QED) is 0.761. The molecule has 2 aromatic carbocycles. The van der Waals surface area contributed by atoms with Crippen molar-refractivity contribution >= 4 is 11.8 Å². The van der Waals surface area contributed by atoms with Gasteiger partial charge in [0.05, 0.1) is 12.6 Å². The summed E-state index contributed by atoms with van der Waals surface area (Å²) in [5, 5.41) is 15.1. The molecule has 0 aliphatic carbocycles. The molecule has 2 amide bonds. The van der Waals surface area contributed by atoms with Gasteiger partial charge in [-0.15, -0.1) is 0 Å². The number of carbonyl (C=O) groups excluding carboxylic acids is 2. The van der Waals surface area contributed by atoms with Crippen molar-refractivity contribution in [1.29, 1.82) is 0 Å². The van der Waals surface area contributed by atoms with Crippen molar-refractivity contribution in [2.45, 2.75) is 19.4 Å².